The highest BCUT2D eigenvalue weighted by Gasteiger charge is 2.10. The maximum Gasteiger partial charge on any atom is 0.177 e. The fourth-order valence-electron chi connectivity index (χ4n) is 2.78. The monoisotopic (exact) mass is 368 g/mol. The normalized spacial score (nSPS) is 12.0. The lowest BCUT2D eigenvalue weighted by Crippen LogP contribution is -2.33. The van der Waals surface area contributed by atoms with E-state index in [1.54, 1.807) is 12.2 Å². The number of rotatable bonds is 10. The number of aromatic nitrogens is 1. The van der Waals surface area contributed by atoms with Gasteiger partial charge in [0.25, 0.3) is 0 Å². The van der Waals surface area contributed by atoms with Crippen LogP contribution in [0.3, 0.4) is 0 Å². The molecule has 2 aromatic rings. The van der Waals surface area contributed by atoms with Gasteiger partial charge in [-0.05, 0) is 12.1 Å². The zero-order valence-electron chi connectivity index (χ0n) is 16.4. The Morgan fingerprint density at radius 2 is 1.79 bits per heavy atom. The molecule has 0 atom stereocenters. The van der Waals surface area contributed by atoms with Gasteiger partial charge in [0.1, 0.15) is 0 Å². The number of hydrogen-bond acceptors (Lipinski definition) is 0. The summed E-state index contributed by atoms with van der Waals surface area (Å²) < 4.78 is 4.23. The molecule has 0 bridgehead atoms. The van der Waals surface area contributed by atoms with Gasteiger partial charge in [-0.15, -0.1) is 0 Å². The number of benzene rings is 1. The maximum absolute atomic E-state index is 4.09. The van der Waals surface area contributed by atoms with Crippen LogP contribution in [0.2, 0.25) is 0 Å². The van der Waals surface area contributed by atoms with E-state index in [4.69, 9.17) is 0 Å². The Bertz CT molecular complexity index is 928. The Hall–Kier alpha value is -3.52. The molecule has 28 heavy (non-hydrogen) atoms. The van der Waals surface area contributed by atoms with E-state index < -0.39 is 0 Å². The minimum absolute atomic E-state index is 0.657. The lowest BCUT2D eigenvalue weighted by atomic mass is 10.1. The van der Waals surface area contributed by atoms with Gasteiger partial charge in [-0.3, -0.25) is 0 Å². The van der Waals surface area contributed by atoms with Crippen molar-refractivity contribution in [2.75, 3.05) is 6.54 Å². The second-order valence-electron chi connectivity index (χ2n) is 6.35. The first-order chi connectivity index (χ1) is 13.7. The van der Waals surface area contributed by atoms with Gasteiger partial charge >= 0.3 is 0 Å². The van der Waals surface area contributed by atoms with E-state index in [0.29, 0.717) is 6.54 Å². The van der Waals surface area contributed by atoms with Crippen LogP contribution in [-0.4, -0.2) is 17.3 Å². The summed E-state index contributed by atoms with van der Waals surface area (Å²) in [7, 11) is 0. The van der Waals surface area contributed by atoms with E-state index in [1.165, 1.54) is 5.56 Å². The Kier molecular flexibility index (Phi) is 8.35. The first-order valence-electron chi connectivity index (χ1n) is 9.22. The van der Waals surface area contributed by atoms with Gasteiger partial charge in [-0.25, -0.2) is 9.14 Å². The van der Waals surface area contributed by atoms with Crippen molar-refractivity contribution in [3.05, 3.63) is 134 Å². The average molecular weight is 369 g/mol. The SMILES string of the molecule is C=CC=[N+](/C=C(\C=C)c1ccc[n+](Cc2ccccc2)c1)CC(=C)/C=C\C=C. The molecule has 0 saturated heterocycles. The van der Waals surface area contributed by atoms with Crippen molar-refractivity contribution < 1.29 is 9.14 Å². The van der Waals surface area contributed by atoms with Crippen LogP contribution in [0.4, 0.5) is 0 Å². The predicted octanol–water partition coefficient (Wildman–Crippen LogP) is 5.12. The molecule has 1 heterocycles. The third-order valence-corrected chi connectivity index (χ3v) is 4.07. The second-order valence-corrected chi connectivity index (χ2v) is 6.35. The molecule has 0 aliphatic rings. The predicted molar refractivity (Wildman–Crippen MR) is 120 cm³/mol. The lowest BCUT2D eigenvalue weighted by Gasteiger charge is -2.03. The summed E-state index contributed by atoms with van der Waals surface area (Å²) in [5.74, 6) is 0. The molecule has 0 saturated carbocycles. The zero-order valence-corrected chi connectivity index (χ0v) is 16.4. The molecule has 0 spiro atoms. The maximum atomic E-state index is 4.09. The van der Waals surface area contributed by atoms with Gasteiger partial charge in [0.15, 0.2) is 37.9 Å². The molecule has 2 nitrogen and oxygen atoms in total. The molecule has 0 aliphatic carbocycles. The highest BCUT2D eigenvalue weighted by atomic mass is 15.0. The van der Waals surface area contributed by atoms with Crippen molar-refractivity contribution in [3.63, 3.8) is 0 Å². The first-order valence-corrected chi connectivity index (χ1v) is 9.22. The molecule has 2 heteroatoms. The Morgan fingerprint density at radius 1 is 1.00 bits per heavy atom. The van der Waals surface area contributed by atoms with Crippen molar-refractivity contribution in [2.24, 2.45) is 0 Å². The first kappa shape index (κ1) is 20.8. The molecule has 0 N–H and O–H groups in total. The lowest BCUT2D eigenvalue weighted by molar-refractivity contribution is -0.688. The molecule has 0 unspecified atom stereocenters. The van der Waals surface area contributed by atoms with Crippen LogP contribution in [-0.2, 0) is 6.54 Å². The second kappa shape index (κ2) is 11.2. The van der Waals surface area contributed by atoms with E-state index in [-0.39, 0.29) is 0 Å². The largest absolute Gasteiger partial charge is 0.200 e. The Balaban J connectivity index is 2.27. The van der Waals surface area contributed by atoms with E-state index in [0.717, 1.165) is 23.3 Å². The van der Waals surface area contributed by atoms with Crippen LogP contribution < -0.4 is 4.57 Å². The highest BCUT2D eigenvalue weighted by molar-refractivity contribution is 5.72. The third-order valence-electron chi connectivity index (χ3n) is 4.07. The highest BCUT2D eigenvalue weighted by Crippen LogP contribution is 2.14. The average Bonchev–Trinajstić information content (AvgIpc) is 2.71. The van der Waals surface area contributed by atoms with Crippen LogP contribution in [0.15, 0.2) is 123 Å². The van der Waals surface area contributed by atoms with Crippen LogP contribution in [0.25, 0.3) is 5.57 Å². The van der Waals surface area contributed by atoms with E-state index in [1.807, 2.05) is 35.1 Å². The molecule has 140 valence electrons. The van der Waals surface area contributed by atoms with Crippen molar-refractivity contribution in [3.8, 4) is 0 Å². The topological polar surface area (TPSA) is 6.89 Å². The van der Waals surface area contributed by atoms with Crippen molar-refractivity contribution in [1.82, 2.24) is 0 Å². The minimum atomic E-state index is 0.657. The third kappa shape index (κ3) is 6.65. The van der Waals surface area contributed by atoms with Crippen molar-refractivity contribution in [1.29, 1.82) is 0 Å². The molecule has 1 aromatic heterocycles. The number of allylic oxidation sites excluding steroid dienone is 5. The van der Waals surface area contributed by atoms with Crippen molar-refractivity contribution in [2.45, 2.75) is 6.54 Å². The minimum Gasteiger partial charge on any atom is -0.200 e. The standard InChI is InChI=1S/C26H28N2/c1-5-8-13-23(4)19-27(17-6-2)21-25(7-3)26-16-12-18-28(22-26)20-24-14-10-9-11-15-24/h5-18,21-22H,1-4,19-20H2/q+2/b13-8-,25-21+,27-17?. The summed E-state index contributed by atoms with van der Waals surface area (Å²) >= 11 is 0. The van der Waals surface area contributed by atoms with E-state index in [9.17, 15) is 0 Å². The van der Waals surface area contributed by atoms with E-state index >= 15 is 0 Å². The van der Waals surface area contributed by atoms with Gasteiger partial charge in [0.2, 0.25) is 0 Å². The van der Waals surface area contributed by atoms with Gasteiger partial charge in [0, 0.05) is 17.2 Å². The van der Waals surface area contributed by atoms with Gasteiger partial charge in [-0.1, -0.05) is 81.0 Å². The number of pyridine rings is 1. The molecule has 0 aliphatic heterocycles. The van der Waals surface area contributed by atoms with Crippen LogP contribution in [0, 0.1) is 0 Å². The quantitative estimate of drug-likeness (QED) is 0.312. The Labute approximate surface area is 168 Å². The summed E-state index contributed by atoms with van der Waals surface area (Å²) in [5.41, 5.74) is 4.37. The number of hydrogen-bond donors (Lipinski definition) is 0. The molecule has 0 radical (unpaired) electrons. The molecular formula is C26H28N2+2. The molecule has 0 amide bonds. The summed E-state index contributed by atoms with van der Waals surface area (Å²) in [6.45, 7) is 17.1. The molecule has 1 aromatic carbocycles. The Morgan fingerprint density at radius 3 is 2.46 bits per heavy atom. The fourth-order valence-corrected chi connectivity index (χ4v) is 2.78. The van der Waals surface area contributed by atoms with Gasteiger partial charge < -0.3 is 0 Å². The van der Waals surface area contributed by atoms with Gasteiger partial charge in [0.05, 0.1) is 11.1 Å². The number of nitrogens with zero attached hydrogens (tertiary/aromatic N) is 2. The van der Waals surface area contributed by atoms with Crippen LogP contribution >= 0.6 is 0 Å². The summed E-state index contributed by atoms with van der Waals surface area (Å²) in [5, 5.41) is 0. The zero-order chi connectivity index (χ0) is 20.2. The fraction of sp³-hybridized carbons (Fsp3) is 0.0769. The summed E-state index contributed by atoms with van der Waals surface area (Å²) in [6, 6.07) is 14.6. The summed E-state index contributed by atoms with van der Waals surface area (Å²) in [6.07, 6.45) is 17.4. The molecular weight excluding hydrogens is 340 g/mol. The van der Waals surface area contributed by atoms with Crippen molar-refractivity contribution >= 4 is 11.8 Å². The smallest absolute Gasteiger partial charge is 0.177 e. The van der Waals surface area contributed by atoms with Crippen LogP contribution in [0.5, 0.6) is 0 Å². The van der Waals surface area contributed by atoms with Gasteiger partial charge in [-0.2, -0.15) is 0 Å². The molecule has 2 rings (SSSR count). The van der Waals surface area contributed by atoms with E-state index in [2.05, 4.69) is 85.9 Å². The van der Waals surface area contributed by atoms with Crippen LogP contribution in [0.1, 0.15) is 11.1 Å². The summed E-state index contributed by atoms with van der Waals surface area (Å²) in [4.78, 5) is 0. The molecule has 0 fully saturated rings.